The monoisotopic (exact) mass is 432 g/mol. The fourth-order valence-corrected chi connectivity index (χ4v) is 3.48. The zero-order chi connectivity index (χ0) is 20.9. The molecule has 0 spiro atoms. The second-order valence-corrected chi connectivity index (χ2v) is 9.10. The molecule has 0 radical (unpaired) electrons. The molecule has 3 rings (SSSR count). The topological polar surface area (TPSA) is 114 Å². The smallest absolute Gasteiger partial charge is 0.277 e. The lowest BCUT2D eigenvalue weighted by atomic mass is 10.2. The molecule has 3 aromatic rings. The van der Waals surface area contributed by atoms with Crippen LogP contribution in [0.3, 0.4) is 0 Å². The van der Waals surface area contributed by atoms with Crippen LogP contribution in [0.4, 0.5) is 11.4 Å². The predicted octanol–water partition coefficient (Wildman–Crippen LogP) is 3.54. The van der Waals surface area contributed by atoms with E-state index in [4.69, 9.17) is 4.42 Å². The first-order chi connectivity index (χ1) is 13.8. The fourth-order valence-electron chi connectivity index (χ4n) is 2.28. The lowest BCUT2D eigenvalue weighted by molar-refractivity contribution is -0.113. The SMILES string of the molecule is CCS(=O)(=O)Nc1ccc(-c2nnc(SCC(=O)Nc3ccc(C)cc3)o2)cc1. The number of thioether (sulfide) groups is 1. The molecule has 0 atom stereocenters. The van der Waals surface area contributed by atoms with Gasteiger partial charge in [0.15, 0.2) is 0 Å². The van der Waals surface area contributed by atoms with Crippen LogP contribution in [0.2, 0.25) is 0 Å². The molecule has 1 aromatic heterocycles. The van der Waals surface area contributed by atoms with Crippen LogP contribution in [0.15, 0.2) is 58.2 Å². The van der Waals surface area contributed by atoms with Gasteiger partial charge in [-0.05, 0) is 50.2 Å². The first-order valence-electron chi connectivity index (χ1n) is 8.78. The van der Waals surface area contributed by atoms with Crippen molar-refractivity contribution in [3.63, 3.8) is 0 Å². The minimum Gasteiger partial charge on any atom is -0.411 e. The van der Waals surface area contributed by atoms with Gasteiger partial charge in [0, 0.05) is 16.9 Å². The Bertz CT molecular complexity index is 1080. The van der Waals surface area contributed by atoms with E-state index in [2.05, 4.69) is 20.2 Å². The minimum atomic E-state index is -3.33. The van der Waals surface area contributed by atoms with E-state index in [0.29, 0.717) is 11.3 Å². The van der Waals surface area contributed by atoms with Crippen molar-refractivity contribution in [1.82, 2.24) is 10.2 Å². The van der Waals surface area contributed by atoms with E-state index in [1.807, 2.05) is 31.2 Å². The number of hydrogen-bond donors (Lipinski definition) is 2. The molecule has 29 heavy (non-hydrogen) atoms. The summed E-state index contributed by atoms with van der Waals surface area (Å²) in [5, 5.41) is 11.0. The highest BCUT2D eigenvalue weighted by atomic mass is 32.2. The summed E-state index contributed by atoms with van der Waals surface area (Å²) in [5.74, 6) is 0.242. The van der Waals surface area contributed by atoms with E-state index < -0.39 is 10.0 Å². The molecule has 152 valence electrons. The number of hydrogen-bond acceptors (Lipinski definition) is 7. The summed E-state index contributed by atoms with van der Waals surface area (Å²) >= 11 is 1.14. The minimum absolute atomic E-state index is 0.00349. The molecule has 0 aliphatic heterocycles. The average Bonchev–Trinajstić information content (AvgIpc) is 3.18. The van der Waals surface area contributed by atoms with E-state index >= 15 is 0 Å². The third-order valence-corrected chi connectivity index (χ3v) is 5.98. The number of anilines is 2. The summed E-state index contributed by atoms with van der Waals surface area (Å²) < 4.78 is 31.2. The van der Waals surface area contributed by atoms with Crippen LogP contribution in [0.5, 0.6) is 0 Å². The molecule has 2 N–H and O–H groups in total. The number of aromatic nitrogens is 2. The second-order valence-electron chi connectivity index (χ2n) is 6.16. The van der Waals surface area contributed by atoms with E-state index in [9.17, 15) is 13.2 Å². The van der Waals surface area contributed by atoms with Gasteiger partial charge in [0.1, 0.15) is 0 Å². The molecule has 10 heteroatoms. The lowest BCUT2D eigenvalue weighted by Gasteiger charge is -2.05. The van der Waals surface area contributed by atoms with E-state index in [-0.39, 0.29) is 28.5 Å². The maximum atomic E-state index is 12.0. The van der Waals surface area contributed by atoms with E-state index in [1.54, 1.807) is 31.2 Å². The highest BCUT2D eigenvalue weighted by Crippen LogP contribution is 2.24. The summed E-state index contributed by atoms with van der Waals surface area (Å²) in [6.07, 6.45) is 0. The summed E-state index contributed by atoms with van der Waals surface area (Å²) in [4.78, 5) is 12.0. The number of carbonyl (C=O) groups is 1. The van der Waals surface area contributed by atoms with E-state index in [1.165, 1.54) is 0 Å². The van der Waals surface area contributed by atoms with Crippen LogP contribution in [-0.4, -0.2) is 36.0 Å². The van der Waals surface area contributed by atoms with Gasteiger partial charge in [0.2, 0.25) is 21.8 Å². The third-order valence-electron chi connectivity index (χ3n) is 3.85. The Morgan fingerprint density at radius 3 is 2.34 bits per heavy atom. The van der Waals surface area contributed by atoms with Crippen LogP contribution in [0.25, 0.3) is 11.5 Å². The summed E-state index contributed by atoms with van der Waals surface area (Å²) in [5.41, 5.74) is 2.95. The molecule has 0 aliphatic carbocycles. The van der Waals surface area contributed by atoms with Crippen molar-refractivity contribution in [3.8, 4) is 11.5 Å². The number of sulfonamides is 1. The van der Waals surface area contributed by atoms with Gasteiger partial charge >= 0.3 is 0 Å². The zero-order valence-electron chi connectivity index (χ0n) is 15.9. The van der Waals surface area contributed by atoms with Gasteiger partial charge in [0.25, 0.3) is 5.22 Å². The van der Waals surface area contributed by atoms with Gasteiger partial charge < -0.3 is 9.73 Å². The van der Waals surface area contributed by atoms with Crippen LogP contribution in [0, 0.1) is 6.92 Å². The van der Waals surface area contributed by atoms with Crippen molar-refractivity contribution in [2.45, 2.75) is 19.1 Å². The average molecular weight is 433 g/mol. The van der Waals surface area contributed by atoms with Gasteiger partial charge in [-0.15, -0.1) is 10.2 Å². The third kappa shape index (κ3) is 6.06. The van der Waals surface area contributed by atoms with Crippen LogP contribution >= 0.6 is 11.8 Å². The van der Waals surface area contributed by atoms with Crippen molar-refractivity contribution in [3.05, 3.63) is 54.1 Å². The van der Waals surface area contributed by atoms with Gasteiger partial charge in [-0.25, -0.2) is 8.42 Å². The standard InChI is InChI=1S/C19H20N4O4S2/c1-3-29(25,26)23-16-10-6-14(7-11-16)18-21-22-19(27-18)28-12-17(24)20-15-8-4-13(2)5-9-15/h4-11,23H,3,12H2,1-2H3,(H,20,24). The van der Waals surface area contributed by atoms with Gasteiger partial charge in [0.05, 0.1) is 11.5 Å². The van der Waals surface area contributed by atoms with Crippen LogP contribution in [0.1, 0.15) is 12.5 Å². The number of nitrogens with zero attached hydrogens (tertiary/aromatic N) is 2. The number of rotatable bonds is 8. The molecule has 0 bridgehead atoms. The van der Waals surface area contributed by atoms with Crippen molar-refractivity contribution >= 4 is 39.1 Å². The Morgan fingerprint density at radius 2 is 1.69 bits per heavy atom. The highest BCUT2D eigenvalue weighted by molar-refractivity contribution is 7.99. The Labute approximate surface area is 173 Å². The zero-order valence-corrected chi connectivity index (χ0v) is 17.5. The summed E-state index contributed by atoms with van der Waals surface area (Å²) in [6, 6.07) is 14.1. The lowest BCUT2D eigenvalue weighted by Crippen LogP contribution is -2.14. The predicted molar refractivity (Wildman–Crippen MR) is 113 cm³/mol. The van der Waals surface area contributed by atoms with E-state index in [0.717, 1.165) is 23.0 Å². The van der Waals surface area contributed by atoms with Gasteiger partial charge in [-0.3, -0.25) is 9.52 Å². The first kappa shape index (κ1) is 20.9. The number of benzene rings is 2. The molecule has 0 saturated carbocycles. The Balaban J connectivity index is 1.56. The summed E-state index contributed by atoms with van der Waals surface area (Å²) in [6.45, 7) is 3.54. The van der Waals surface area contributed by atoms with Crippen molar-refractivity contribution < 1.29 is 17.6 Å². The number of nitrogens with one attached hydrogen (secondary N) is 2. The molecular formula is C19H20N4O4S2. The molecular weight excluding hydrogens is 412 g/mol. The molecule has 0 aliphatic rings. The first-order valence-corrected chi connectivity index (χ1v) is 11.4. The molecule has 8 nitrogen and oxygen atoms in total. The summed E-state index contributed by atoms with van der Waals surface area (Å²) in [7, 11) is -3.33. The van der Waals surface area contributed by atoms with Crippen molar-refractivity contribution in [2.75, 3.05) is 21.5 Å². The molecule has 0 unspecified atom stereocenters. The second kappa shape index (κ2) is 9.10. The number of aryl methyl sites for hydroxylation is 1. The number of amides is 1. The maximum Gasteiger partial charge on any atom is 0.277 e. The largest absolute Gasteiger partial charge is 0.411 e. The maximum absolute atomic E-state index is 12.0. The molecule has 1 heterocycles. The molecule has 0 fully saturated rings. The quantitative estimate of drug-likeness (QED) is 0.523. The van der Waals surface area contributed by atoms with Gasteiger partial charge in [-0.2, -0.15) is 0 Å². The normalized spacial score (nSPS) is 11.2. The molecule has 2 aromatic carbocycles. The molecule has 1 amide bonds. The van der Waals surface area contributed by atoms with Crippen molar-refractivity contribution in [2.24, 2.45) is 0 Å². The Hall–Kier alpha value is -2.85. The highest BCUT2D eigenvalue weighted by Gasteiger charge is 2.12. The number of carbonyl (C=O) groups excluding carboxylic acids is 1. The van der Waals surface area contributed by atoms with Gasteiger partial charge in [-0.1, -0.05) is 29.5 Å². The Morgan fingerprint density at radius 1 is 1.03 bits per heavy atom. The fraction of sp³-hybridized carbons (Fsp3) is 0.211. The van der Waals surface area contributed by atoms with Crippen molar-refractivity contribution in [1.29, 1.82) is 0 Å². The Kier molecular flexibility index (Phi) is 6.55. The van der Waals surface area contributed by atoms with Crippen LogP contribution in [-0.2, 0) is 14.8 Å². The van der Waals surface area contributed by atoms with Crippen LogP contribution < -0.4 is 10.0 Å². The molecule has 0 saturated heterocycles.